The third-order valence-electron chi connectivity index (χ3n) is 5.11. The van der Waals surface area contributed by atoms with E-state index in [9.17, 15) is 13.2 Å². The molecular weight excluding hydrogens is 436 g/mol. The molecular formula is C22H21ClN4O3S. The summed E-state index contributed by atoms with van der Waals surface area (Å²) in [6.07, 6.45) is 0. The van der Waals surface area contributed by atoms with Gasteiger partial charge < -0.3 is 5.32 Å². The number of aryl methyl sites for hydroxylation is 2. The van der Waals surface area contributed by atoms with E-state index in [1.54, 1.807) is 26.2 Å². The van der Waals surface area contributed by atoms with Crippen LogP contribution in [0.15, 0.2) is 76.4 Å². The van der Waals surface area contributed by atoms with Gasteiger partial charge in [-0.05, 0) is 42.0 Å². The fourth-order valence-corrected chi connectivity index (χ4v) is 4.58. The highest BCUT2D eigenvalue weighted by Crippen LogP contribution is 2.30. The van der Waals surface area contributed by atoms with Gasteiger partial charge in [-0.2, -0.15) is 0 Å². The van der Waals surface area contributed by atoms with E-state index in [1.165, 1.54) is 33.4 Å². The third kappa shape index (κ3) is 4.17. The van der Waals surface area contributed by atoms with Crippen molar-refractivity contribution in [2.24, 2.45) is 14.1 Å². The van der Waals surface area contributed by atoms with Crippen LogP contribution in [0.5, 0.6) is 0 Å². The highest BCUT2D eigenvalue weighted by atomic mass is 35.5. The Balaban J connectivity index is 1.78. The Morgan fingerprint density at radius 1 is 0.871 bits per heavy atom. The number of sulfonamides is 1. The van der Waals surface area contributed by atoms with Crippen molar-refractivity contribution in [2.75, 3.05) is 10.0 Å². The summed E-state index contributed by atoms with van der Waals surface area (Å²) in [4.78, 5) is 12.5. The topological polar surface area (TPSA) is 85.1 Å². The van der Waals surface area contributed by atoms with E-state index in [0.717, 1.165) is 5.56 Å². The number of benzene rings is 3. The van der Waals surface area contributed by atoms with Crippen molar-refractivity contribution in [2.45, 2.75) is 11.4 Å². The summed E-state index contributed by atoms with van der Waals surface area (Å²) < 4.78 is 31.6. The molecule has 4 aromatic rings. The van der Waals surface area contributed by atoms with Crippen LogP contribution in [0.1, 0.15) is 5.56 Å². The van der Waals surface area contributed by atoms with Crippen LogP contribution in [-0.4, -0.2) is 17.6 Å². The Morgan fingerprint density at radius 2 is 1.45 bits per heavy atom. The van der Waals surface area contributed by atoms with Gasteiger partial charge in [0, 0.05) is 25.7 Å². The Labute approximate surface area is 184 Å². The lowest BCUT2D eigenvalue weighted by Gasteiger charge is -2.15. The van der Waals surface area contributed by atoms with E-state index >= 15 is 0 Å². The predicted octanol–water partition coefficient (Wildman–Crippen LogP) is 3.94. The summed E-state index contributed by atoms with van der Waals surface area (Å²) >= 11 is 5.89. The van der Waals surface area contributed by atoms with Crippen molar-refractivity contribution in [3.63, 3.8) is 0 Å². The maximum Gasteiger partial charge on any atom is 0.328 e. The van der Waals surface area contributed by atoms with Gasteiger partial charge >= 0.3 is 5.69 Å². The summed E-state index contributed by atoms with van der Waals surface area (Å²) in [5.41, 5.74) is 3.07. The van der Waals surface area contributed by atoms with Gasteiger partial charge in [0.25, 0.3) is 10.0 Å². The van der Waals surface area contributed by atoms with Gasteiger partial charge in [-0.1, -0.05) is 41.9 Å². The zero-order valence-electron chi connectivity index (χ0n) is 17.0. The molecule has 0 unspecified atom stereocenters. The first kappa shape index (κ1) is 21.0. The van der Waals surface area contributed by atoms with Crippen molar-refractivity contribution in [3.05, 3.63) is 87.8 Å². The lowest BCUT2D eigenvalue weighted by Crippen LogP contribution is -2.19. The average Bonchev–Trinajstić information content (AvgIpc) is 2.96. The molecule has 0 bridgehead atoms. The van der Waals surface area contributed by atoms with Gasteiger partial charge in [0.1, 0.15) is 0 Å². The van der Waals surface area contributed by atoms with Gasteiger partial charge in [-0.3, -0.25) is 13.9 Å². The molecule has 0 spiro atoms. The molecule has 2 N–H and O–H groups in total. The fraction of sp³-hybridized carbons (Fsp3) is 0.136. The van der Waals surface area contributed by atoms with Crippen LogP contribution in [-0.2, 0) is 30.7 Å². The Morgan fingerprint density at radius 3 is 2.06 bits per heavy atom. The van der Waals surface area contributed by atoms with Crippen LogP contribution < -0.4 is 15.7 Å². The quantitative estimate of drug-likeness (QED) is 0.460. The molecule has 0 aliphatic heterocycles. The van der Waals surface area contributed by atoms with E-state index in [0.29, 0.717) is 34.0 Å². The molecule has 1 heterocycles. The minimum atomic E-state index is -3.86. The second kappa shape index (κ2) is 8.13. The van der Waals surface area contributed by atoms with Gasteiger partial charge in [-0.15, -0.1) is 0 Å². The maximum absolute atomic E-state index is 13.0. The second-order valence-electron chi connectivity index (χ2n) is 7.19. The zero-order valence-corrected chi connectivity index (χ0v) is 18.5. The first-order chi connectivity index (χ1) is 14.8. The van der Waals surface area contributed by atoms with Crippen LogP contribution in [0.3, 0.4) is 0 Å². The lowest BCUT2D eigenvalue weighted by atomic mass is 10.2. The van der Waals surface area contributed by atoms with E-state index in [2.05, 4.69) is 10.0 Å². The lowest BCUT2D eigenvalue weighted by molar-refractivity contribution is 0.601. The molecule has 0 aliphatic carbocycles. The first-order valence-corrected chi connectivity index (χ1v) is 11.4. The number of imidazole rings is 1. The summed E-state index contributed by atoms with van der Waals surface area (Å²) in [5, 5.41) is 3.74. The van der Waals surface area contributed by atoms with Crippen molar-refractivity contribution >= 4 is 44.0 Å². The second-order valence-corrected chi connectivity index (χ2v) is 9.30. The highest BCUT2D eigenvalue weighted by molar-refractivity contribution is 7.92. The molecule has 0 fully saturated rings. The Kier molecular flexibility index (Phi) is 5.51. The fourth-order valence-electron chi connectivity index (χ4n) is 3.39. The first-order valence-electron chi connectivity index (χ1n) is 9.52. The Hall–Kier alpha value is -3.23. The van der Waals surface area contributed by atoms with E-state index in [-0.39, 0.29) is 10.6 Å². The Bertz CT molecular complexity index is 1410. The number of halogens is 1. The molecule has 0 aliphatic rings. The number of nitrogens with zero attached hydrogens (tertiary/aromatic N) is 2. The molecule has 0 saturated carbocycles. The van der Waals surface area contributed by atoms with E-state index in [1.807, 2.05) is 30.3 Å². The standard InChI is InChI=1S/C22H21ClN4O3S/c1-26-20-12-18(24-14-15-6-4-3-5-7-15)19(13-21(20)27(2)22(26)28)25-31(29,30)17-10-8-16(23)9-11-17/h3-13,24-25H,14H2,1-2H3. The van der Waals surface area contributed by atoms with Crippen molar-refractivity contribution < 1.29 is 8.42 Å². The predicted molar refractivity (Wildman–Crippen MR) is 124 cm³/mol. The van der Waals surface area contributed by atoms with Gasteiger partial charge in [-0.25, -0.2) is 13.2 Å². The summed E-state index contributed by atoms with van der Waals surface area (Å²) in [5.74, 6) is 0. The normalized spacial score (nSPS) is 11.6. The number of hydrogen-bond donors (Lipinski definition) is 2. The molecule has 4 rings (SSSR count). The van der Waals surface area contributed by atoms with Crippen molar-refractivity contribution in [1.82, 2.24) is 9.13 Å². The number of rotatable bonds is 6. The molecule has 7 nitrogen and oxygen atoms in total. The monoisotopic (exact) mass is 456 g/mol. The van der Waals surface area contributed by atoms with Crippen molar-refractivity contribution in [3.8, 4) is 0 Å². The molecule has 0 radical (unpaired) electrons. The van der Waals surface area contributed by atoms with Crippen molar-refractivity contribution in [1.29, 1.82) is 0 Å². The minimum absolute atomic E-state index is 0.0907. The number of anilines is 2. The van der Waals surface area contributed by atoms with E-state index < -0.39 is 10.0 Å². The average molecular weight is 457 g/mol. The minimum Gasteiger partial charge on any atom is -0.379 e. The number of aromatic nitrogens is 2. The molecule has 1 aromatic heterocycles. The number of hydrogen-bond acceptors (Lipinski definition) is 4. The van der Waals surface area contributed by atoms with Crippen LogP contribution in [0.25, 0.3) is 11.0 Å². The zero-order chi connectivity index (χ0) is 22.2. The molecule has 0 atom stereocenters. The smallest absolute Gasteiger partial charge is 0.328 e. The van der Waals surface area contributed by atoms with Crippen LogP contribution in [0.4, 0.5) is 11.4 Å². The van der Waals surface area contributed by atoms with E-state index in [4.69, 9.17) is 11.6 Å². The van der Waals surface area contributed by atoms with Crippen LogP contribution in [0, 0.1) is 0 Å². The highest BCUT2D eigenvalue weighted by Gasteiger charge is 2.19. The van der Waals surface area contributed by atoms with Gasteiger partial charge in [0.05, 0.1) is 27.3 Å². The summed E-state index contributed by atoms with van der Waals surface area (Å²) in [6, 6.07) is 19.1. The molecule has 0 saturated heterocycles. The van der Waals surface area contributed by atoms with Crippen LogP contribution in [0.2, 0.25) is 5.02 Å². The molecule has 31 heavy (non-hydrogen) atoms. The number of nitrogens with one attached hydrogen (secondary N) is 2. The molecule has 0 amide bonds. The molecule has 160 valence electrons. The molecule has 3 aromatic carbocycles. The maximum atomic E-state index is 13.0. The molecule has 9 heteroatoms. The SMILES string of the molecule is Cn1c(=O)n(C)c2cc(NS(=O)(=O)c3ccc(Cl)cc3)c(NCc3ccccc3)cc21. The largest absolute Gasteiger partial charge is 0.379 e. The third-order valence-corrected chi connectivity index (χ3v) is 6.74. The summed E-state index contributed by atoms with van der Waals surface area (Å²) in [6.45, 7) is 0.489. The number of fused-ring (bicyclic) bond motifs is 1. The van der Waals surface area contributed by atoms with Gasteiger partial charge in [0.2, 0.25) is 0 Å². The summed E-state index contributed by atoms with van der Waals surface area (Å²) in [7, 11) is -0.527. The van der Waals surface area contributed by atoms with Crippen LogP contribution >= 0.6 is 11.6 Å². The van der Waals surface area contributed by atoms with Gasteiger partial charge in [0.15, 0.2) is 0 Å².